The summed E-state index contributed by atoms with van der Waals surface area (Å²) in [6.07, 6.45) is 3.01. The molecule has 2 atom stereocenters. The number of amides is 3. The van der Waals surface area contributed by atoms with Gasteiger partial charge in [0.05, 0.1) is 19.7 Å². The molecule has 0 bridgehead atoms. The molecule has 0 unspecified atom stereocenters. The fraction of sp³-hybridized carbons (Fsp3) is 0.571. The molecule has 2 heterocycles. The molecule has 2 saturated heterocycles. The van der Waals surface area contributed by atoms with Crippen LogP contribution in [0.3, 0.4) is 0 Å². The SMILES string of the molecule is COc1ccc([C@@H]2[C@@H](C(=O)NCC(=O)N3CCCC3)OCC(=O)N2C2CC2)cc1. The highest BCUT2D eigenvalue weighted by molar-refractivity contribution is 5.89. The number of hydrogen-bond donors (Lipinski definition) is 1. The number of hydrogen-bond acceptors (Lipinski definition) is 5. The zero-order valence-corrected chi connectivity index (χ0v) is 16.6. The predicted molar refractivity (Wildman–Crippen MR) is 104 cm³/mol. The molecule has 3 amide bonds. The van der Waals surface area contributed by atoms with Gasteiger partial charge in [-0.2, -0.15) is 0 Å². The van der Waals surface area contributed by atoms with Gasteiger partial charge in [0.2, 0.25) is 11.8 Å². The van der Waals surface area contributed by atoms with Gasteiger partial charge in [-0.25, -0.2) is 0 Å². The molecular weight excluding hydrogens is 374 g/mol. The molecule has 3 fully saturated rings. The van der Waals surface area contributed by atoms with Crippen molar-refractivity contribution in [2.24, 2.45) is 0 Å². The number of ether oxygens (including phenoxy) is 2. The lowest BCUT2D eigenvalue weighted by Gasteiger charge is -2.40. The Labute approximate surface area is 170 Å². The van der Waals surface area contributed by atoms with Crippen molar-refractivity contribution in [2.45, 2.75) is 43.9 Å². The summed E-state index contributed by atoms with van der Waals surface area (Å²) >= 11 is 0. The largest absolute Gasteiger partial charge is 0.497 e. The first-order valence-electron chi connectivity index (χ1n) is 10.2. The molecule has 1 aromatic carbocycles. The summed E-state index contributed by atoms with van der Waals surface area (Å²) < 4.78 is 10.9. The Morgan fingerprint density at radius 1 is 1.17 bits per heavy atom. The van der Waals surface area contributed by atoms with E-state index in [1.165, 1.54) is 0 Å². The van der Waals surface area contributed by atoms with Crippen LogP contribution in [0.2, 0.25) is 0 Å². The highest BCUT2D eigenvalue weighted by Gasteiger charge is 2.47. The van der Waals surface area contributed by atoms with Gasteiger partial charge >= 0.3 is 0 Å². The Morgan fingerprint density at radius 3 is 2.48 bits per heavy atom. The monoisotopic (exact) mass is 401 g/mol. The van der Waals surface area contributed by atoms with Crippen molar-refractivity contribution < 1.29 is 23.9 Å². The number of morpholine rings is 1. The Hall–Kier alpha value is -2.61. The minimum atomic E-state index is -0.854. The molecule has 8 nitrogen and oxygen atoms in total. The highest BCUT2D eigenvalue weighted by Crippen LogP contribution is 2.39. The minimum absolute atomic E-state index is 0.0502. The number of carbonyl (C=O) groups excluding carboxylic acids is 3. The van der Waals surface area contributed by atoms with E-state index < -0.39 is 12.1 Å². The summed E-state index contributed by atoms with van der Waals surface area (Å²) in [5, 5.41) is 2.73. The van der Waals surface area contributed by atoms with E-state index in [4.69, 9.17) is 9.47 Å². The van der Waals surface area contributed by atoms with Crippen LogP contribution in [0.1, 0.15) is 37.3 Å². The number of carbonyl (C=O) groups is 3. The second kappa shape index (κ2) is 8.41. The van der Waals surface area contributed by atoms with Crippen LogP contribution in [0, 0.1) is 0 Å². The van der Waals surface area contributed by atoms with Crippen LogP contribution in [0.15, 0.2) is 24.3 Å². The summed E-state index contributed by atoms with van der Waals surface area (Å²) in [6.45, 7) is 1.31. The Bertz CT molecular complexity index is 771. The quantitative estimate of drug-likeness (QED) is 0.764. The molecule has 1 aromatic rings. The molecule has 0 radical (unpaired) electrons. The van der Waals surface area contributed by atoms with E-state index in [0.717, 1.165) is 44.3 Å². The van der Waals surface area contributed by atoms with E-state index in [2.05, 4.69) is 5.32 Å². The summed E-state index contributed by atoms with van der Waals surface area (Å²) in [4.78, 5) is 41.4. The first-order valence-corrected chi connectivity index (χ1v) is 10.2. The van der Waals surface area contributed by atoms with Crippen LogP contribution < -0.4 is 10.1 Å². The second-order valence-corrected chi connectivity index (χ2v) is 7.79. The molecule has 1 N–H and O–H groups in total. The van der Waals surface area contributed by atoms with E-state index in [9.17, 15) is 14.4 Å². The third kappa shape index (κ3) is 4.22. The van der Waals surface area contributed by atoms with E-state index in [-0.39, 0.29) is 36.9 Å². The molecule has 156 valence electrons. The van der Waals surface area contributed by atoms with Gasteiger partial charge in [-0.15, -0.1) is 0 Å². The average molecular weight is 401 g/mol. The third-order valence-corrected chi connectivity index (χ3v) is 5.79. The molecule has 8 heteroatoms. The molecule has 0 spiro atoms. The average Bonchev–Trinajstić information content (AvgIpc) is 3.43. The lowest BCUT2D eigenvalue weighted by Crippen LogP contribution is -2.55. The molecular formula is C21H27N3O5. The van der Waals surface area contributed by atoms with Crippen molar-refractivity contribution in [1.82, 2.24) is 15.1 Å². The number of nitrogens with zero attached hydrogens (tertiary/aromatic N) is 2. The lowest BCUT2D eigenvalue weighted by molar-refractivity contribution is -0.165. The molecule has 1 aliphatic carbocycles. The van der Waals surface area contributed by atoms with Gasteiger partial charge in [-0.3, -0.25) is 14.4 Å². The van der Waals surface area contributed by atoms with Crippen molar-refractivity contribution >= 4 is 17.7 Å². The topological polar surface area (TPSA) is 88.2 Å². The van der Waals surface area contributed by atoms with E-state index >= 15 is 0 Å². The number of benzene rings is 1. The molecule has 1 saturated carbocycles. The first kappa shape index (κ1) is 19.7. The fourth-order valence-corrected chi connectivity index (χ4v) is 4.11. The molecule has 2 aliphatic heterocycles. The summed E-state index contributed by atoms with van der Waals surface area (Å²) in [5.74, 6) is 0.150. The van der Waals surface area contributed by atoms with E-state index in [1.807, 2.05) is 24.3 Å². The van der Waals surface area contributed by atoms with Gasteiger partial charge in [0.1, 0.15) is 12.4 Å². The van der Waals surface area contributed by atoms with E-state index in [1.54, 1.807) is 16.9 Å². The smallest absolute Gasteiger partial charge is 0.252 e. The van der Waals surface area contributed by atoms with Crippen LogP contribution in [0.5, 0.6) is 5.75 Å². The van der Waals surface area contributed by atoms with E-state index in [0.29, 0.717) is 5.75 Å². The van der Waals surface area contributed by atoms with Gasteiger partial charge in [0, 0.05) is 19.1 Å². The maximum Gasteiger partial charge on any atom is 0.252 e. The standard InChI is InChI=1S/C21H27N3O5/c1-28-16-8-4-14(5-9-16)19-20(29-13-18(26)24(19)15-6-7-15)21(27)22-12-17(25)23-10-2-3-11-23/h4-5,8-9,15,19-20H,2-3,6-7,10-13H2,1H3,(H,22,27)/t19-,20+/m1/s1. The molecule has 29 heavy (non-hydrogen) atoms. The van der Waals surface area contributed by atoms with Crippen molar-refractivity contribution in [3.8, 4) is 5.75 Å². The maximum atomic E-state index is 12.9. The normalized spacial score (nSPS) is 24.5. The molecule has 0 aromatic heterocycles. The van der Waals surface area contributed by atoms with Crippen molar-refractivity contribution in [3.63, 3.8) is 0 Å². The van der Waals surface area contributed by atoms with Gasteiger partial charge < -0.3 is 24.6 Å². The Balaban J connectivity index is 1.51. The van der Waals surface area contributed by atoms with Crippen LogP contribution in [-0.2, 0) is 19.1 Å². The molecule has 3 aliphatic rings. The zero-order chi connectivity index (χ0) is 20.4. The van der Waals surface area contributed by atoms with Crippen molar-refractivity contribution in [2.75, 3.05) is 33.4 Å². The number of rotatable bonds is 6. The predicted octanol–water partition coefficient (Wildman–Crippen LogP) is 0.865. The van der Waals surface area contributed by atoms with Gasteiger partial charge in [0.15, 0.2) is 6.10 Å². The van der Waals surface area contributed by atoms with Crippen molar-refractivity contribution in [1.29, 1.82) is 0 Å². The van der Waals surface area contributed by atoms with Gasteiger partial charge in [0.25, 0.3) is 5.91 Å². The zero-order valence-electron chi connectivity index (χ0n) is 16.6. The summed E-state index contributed by atoms with van der Waals surface area (Å²) in [7, 11) is 1.59. The van der Waals surface area contributed by atoms with Crippen LogP contribution in [-0.4, -0.2) is 73.0 Å². The van der Waals surface area contributed by atoms with Crippen LogP contribution >= 0.6 is 0 Å². The van der Waals surface area contributed by atoms with Gasteiger partial charge in [-0.1, -0.05) is 12.1 Å². The fourth-order valence-electron chi connectivity index (χ4n) is 4.11. The molecule has 4 rings (SSSR count). The Morgan fingerprint density at radius 2 is 1.86 bits per heavy atom. The minimum Gasteiger partial charge on any atom is -0.497 e. The van der Waals surface area contributed by atoms with Crippen LogP contribution in [0.4, 0.5) is 0 Å². The highest BCUT2D eigenvalue weighted by atomic mass is 16.5. The maximum absolute atomic E-state index is 12.9. The summed E-state index contributed by atoms with van der Waals surface area (Å²) in [5.41, 5.74) is 0.816. The van der Waals surface area contributed by atoms with Crippen molar-refractivity contribution in [3.05, 3.63) is 29.8 Å². The second-order valence-electron chi connectivity index (χ2n) is 7.79. The number of likely N-dealkylation sites (tertiary alicyclic amines) is 1. The third-order valence-electron chi connectivity index (χ3n) is 5.79. The number of nitrogens with one attached hydrogen (secondary N) is 1. The first-order chi connectivity index (χ1) is 14.1. The van der Waals surface area contributed by atoms with Gasteiger partial charge in [-0.05, 0) is 43.4 Å². The Kier molecular flexibility index (Phi) is 5.71. The lowest BCUT2D eigenvalue weighted by atomic mass is 9.96. The van der Waals surface area contributed by atoms with Crippen LogP contribution in [0.25, 0.3) is 0 Å². The number of methoxy groups -OCH3 is 1. The summed E-state index contributed by atoms with van der Waals surface area (Å²) in [6, 6.07) is 6.96.